The molecule has 124 valence electrons. The second kappa shape index (κ2) is 8.59. The van der Waals surface area contributed by atoms with E-state index < -0.39 is 0 Å². The molecule has 3 nitrogen and oxygen atoms in total. The predicted octanol–water partition coefficient (Wildman–Crippen LogP) is 4.08. The van der Waals surface area contributed by atoms with Crippen molar-refractivity contribution in [1.82, 2.24) is 0 Å². The first-order valence-electron chi connectivity index (χ1n) is 8.33. The lowest BCUT2D eigenvalue weighted by Gasteiger charge is -2.20. The van der Waals surface area contributed by atoms with Crippen LogP contribution in [0.5, 0.6) is 11.5 Å². The van der Waals surface area contributed by atoms with Gasteiger partial charge in [-0.2, -0.15) is 0 Å². The van der Waals surface area contributed by atoms with E-state index in [1.165, 1.54) is 16.7 Å². The van der Waals surface area contributed by atoms with E-state index in [2.05, 4.69) is 37.3 Å². The number of benzene rings is 2. The molecule has 0 aliphatic rings. The van der Waals surface area contributed by atoms with Crippen LogP contribution in [0, 0.1) is 6.92 Å². The Bertz CT molecular complexity index is 608. The van der Waals surface area contributed by atoms with Crippen LogP contribution in [0.1, 0.15) is 36.5 Å². The predicted molar refractivity (Wildman–Crippen MR) is 95.5 cm³/mol. The van der Waals surface area contributed by atoms with Gasteiger partial charge >= 0.3 is 0 Å². The van der Waals surface area contributed by atoms with E-state index in [-0.39, 0.29) is 5.92 Å². The minimum atomic E-state index is 0.245. The summed E-state index contributed by atoms with van der Waals surface area (Å²) < 4.78 is 11.3. The lowest BCUT2D eigenvalue weighted by molar-refractivity contribution is 0.334. The third-order valence-corrected chi connectivity index (χ3v) is 3.91. The summed E-state index contributed by atoms with van der Waals surface area (Å²) in [6.45, 7) is 8.04. The molecular weight excluding hydrogens is 286 g/mol. The van der Waals surface area contributed by atoms with E-state index in [0.29, 0.717) is 19.8 Å². The Morgan fingerprint density at radius 3 is 2.26 bits per heavy atom. The molecule has 0 saturated heterocycles. The quantitative estimate of drug-likeness (QED) is 0.798. The second-order valence-electron chi connectivity index (χ2n) is 5.69. The molecular formula is C20H27NO2. The van der Waals surface area contributed by atoms with Gasteiger partial charge in [0.05, 0.1) is 13.2 Å². The summed E-state index contributed by atoms with van der Waals surface area (Å²) >= 11 is 0. The van der Waals surface area contributed by atoms with E-state index in [4.69, 9.17) is 15.2 Å². The highest BCUT2D eigenvalue weighted by Gasteiger charge is 2.16. The van der Waals surface area contributed by atoms with E-state index in [0.717, 1.165) is 17.9 Å². The van der Waals surface area contributed by atoms with Gasteiger partial charge in [-0.15, -0.1) is 0 Å². The van der Waals surface area contributed by atoms with Crippen LogP contribution in [-0.4, -0.2) is 19.8 Å². The minimum Gasteiger partial charge on any atom is -0.494 e. The number of aryl methyl sites for hydroxylation is 1. The van der Waals surface area contributed by atoms with Crippen molar-refractivity contribution in [1.29, 1.82) is 0 Å². The summed E-state index contributed by atoms with van der Waals surface area (Å²) in [5.74, 6) is 2.10. The van der Waals surface area contributed by atoms with Crippen molar-refractivity contribution in [3.05, 3.63) is 59.2 Å². The van der Waals surface area contributed by atoms with Gasteiger partial charge in [0.2, 0.25) is 0 Å². The number of ether oxygens (including phenoxy) is 2. The van der Waals surface area contributed by atoms with Crippen molar-refractivity contribution in [2.75, 3.05) is 19.8 Å². The molecule has 0 bridgehead atoms. The van der Waals surface area contributed by atoms with Gasteiger partial charge in [0.15, 0.2) is 0 Å². The molecule has 0 aromatic heterocycles. The van der Waals surface area contributed by atoms with Crippen LogP contribution < -0.4 is 15.2 Å². The molecule has 0 saturated carbocycles. The van der Waals surface area contributed by atoms with E-state index in [1.54, 1.807) is 0 Å². The van der Waals surface area contributed by atoms with Crippen molar-refractivity contribution in [2.24, 2.45) is 5.73 Å². The van der Waals surface area contributed by atoms with Gasteiger partial charge in [-0.05, 0) is 63.1 Å². The van der Waals surface area contributed by atoms with Crippen LogP contribution in [0.3, 0.4) is 0 Å². The van der Waals surface area contributed by atoms with Crippen molar-refractivity contribution in [3.63, 3.8) is 0 Å². The topological polar surface area (TPSA) is 44.5 Å². The number of nitrogens with two attached hydrogens (primary N) is 1. The van der Waals surface area contributed by atoms with Gasteiger partial charge in [0.25, 0.3) is 0 Å². The first kappa shape index (κ1) is 17.4. The van der Waals surface area contributed by atoms with Crippen LogP contribution in [0.4, 0.5) is 0 Å². The Kier molecular flexibility index (Phi) is 6.48. The van der Waals surface area contributed by atoms with Crippen molar-refractivity contribution < 1.29 is 9.47 Å². The largest absolute Gasteiger partial charge is 0.494 e. The number of hydrogen-bond donors (Lipinski definition) is 1. The molecule has 0 aliphatic carbocycles. The summed E-state index contributed by atoms with van der Waals surface area (Å²) in [4.78, 5) is 0. The first-order chi connectivity index (χ1) is 11.2. The zero-order valence-electron chi connectivity index (χ0n) is 14.3. The molecule has 23 heavy (non-hydrogen) atoms. The Labute approximate surface area is 139 Å². The molecule has 2 aromatic rings. The molecule has 0 heterocycles. The number of rotatable bonds is 8. The fourth-order valence-corrected chi connectivity index (χ4v) is 2.77. The van der Waals surface area contributed by atoms with Crippen LogP contribution in [-0.2, 0) is 6.42 Å². The molecule has 2 N–H and O–H groups in total. The Balaban J connectivity index is 2.20. The van der Waals surface area contributed by atoms with Gasteiger partial charge in [0.1, 0.15) is 11.5 Å². The van der Waals surface area contributed by atoms with E-state index in [9.17, 15) is 0 Å². The Morgan fingerprint density at radius 1 is 0.957 bits per heavy atom. The first-order valence-corrected chi connectivity index (χ1v) is 8.33. The van der Waals surface area contributed by atoms with Crippen LogP contribution in [0.2, 0.25) is 0 Å². The summed E-state index contributed by atoms with van der Waals surface area (Å²) in [5, 5.41) is 0. The SMILES string of the molecule is CCOc1ccc(CC(CN)c2cc(C)ccc2OCC)cc1. The van der Waals surface area contributed by atoms with Gasteiger partial charge in [-0.3, -0.25) is 0 Å². The zero-order chi connectivity index (χ0) is 16.7. The molecule has 2 aromatic carbocycles. The molecule has 0 radical (unpaired) electrons. The van der Waals surface area contributed by atoms with Crippen molar-refractivity contribution >= 4 is 0 Å². The second-order valence-corrected chi connectivity index (χ2v) is 5.69. The van der Waals surface area contributed by atoms with E-state index >= 15 is 0 Å². The Morgan fingerprint density at radius 2 is 1.65 bits per heavy atom. The normalized spacial score (nSPS) is 12.0. The fraction of sp³-hybridized carbons (Fsp3) is 0.400. The minimum absolute atomic E-state index is 0.245. The van der Waals surface area contributed by atoms with Gasteiger partial charge < -0.3 is 15.2 Å². The van der Waals surface area contributed by atoms with E-state index in [1.807, 2.05) is 26.0 Å². The molecule has 0 fully saturated rings. The van der Waals surface area contributed by atoms with Crippen LogP contribution >= 0.6 is 0 Å². The molecule has 0 aliphatic heterocycles. The zero-order valence-corrected chi connectivity index (χ0v) is 14.3. The summed E-state index contributed by atoms with van der Waals surface area (Å²) in [6, 6.07) is 14.6. The highest BCUT2D eigenvalue weighted by Crippen LogP contribution is 2.30. The van der Waals surface area contributed by atoms with Crippen LogP contribution in [0.15, 0.2) is 42.5 Å². The summed E-state index contributed by atoms with van der Waals surface area (Å²) in [5.41, 5.74) is 9.75. The van der Waals surface area contributed by atoms with Crippen molar-refractivity contribution in [2.45, 2.75) is 33.1 Å². The third-order valence-electron chi connectivity index (χ3n) is 3.91. The van der Waals surface area contributed by atoms with Gasteiger partial charge in [-0.25, -0.2) is 0 Å². The maximum absolute atomic E-state index is 6.07. The molecule has 2 rings (SSSR count). The lowest BCUT2D eigenvalue weighted by Crippen LogP contribution is -2.16. The highest BCUT2D eigenvalue weighted by molar-refractivity contribution is 5.41. The average molecular weight is 313 g/mol. The third kappa shape index (κ3) is 4.73. The van der Waals surface area contributed by atoms with Gasteiger partial charge in [0, 0.05) is 5.92 Å². The highest BCUT2D eigenvalue weighted by atomic mass is 16.5. The maximum atomic E-state index is 6.07. The van der Waals surface area contributed by atoms with Crippen molar-refractivity contribution in [3.8, 4) is 11.5 Å². The molecule has 3 heteroatoms. The Hall–Kier alpha value is -2.00. The lowest BCUT2D eigenvalue weighted by atomic mass is 9.90. The monoisotopic (exact) mass is 313 g/mol. The maximum Gasteiger partial charge on any atom is 0.122 e. The molecule has 1 unspecified atom stereocenters. The fourth-order valence-electron chi connectivity index (χ4n) is 2.77. The van der Waals surface area contributed by atoms with Gasteiger partial charge in [-0.1, -0.05) is 29.8 Å². The smallest absolute Gasteiger partial charge is 0.122 e. The molecule has 0 amide bonds. The average Bonchev–Trinajstić information content (AvgIpc) is 2.56. The summed E-state index contributed by atoms with van der Waals surface area (Å²) in [7, 11) is 0. The summed E-state index contributed by atoms with van der Waals surface area (Å²) in [6.07, 6.45) is 0.895. The number of hydrogen-bond acceptors (Lipinski definition) is 3. The molecule has 0 spiro atoms. The standard InChI is InChI=1S/C20H27NO2/c1-4-22-18-9-7-16(8-10-18)13-17(14-21)19-12-15(3)6-11-20(19)23-5-2/h6-12,17H,4-5,13-14,21H2,1-3H3. The molecule has 1 atom stereocenters. The van der Waals surface area contributed by atoms with Crippen LogP contribution in [0.25, 0.3) is 0 Å².